The molecule has 1 aromatic heterocycles. The van der Waals surface area contributed by atoms with Crippen LogP contribution in [0.3, 0.4) is 0 Å². The number of ether oxygens (including phenoxy) is 1. The standard InChI is InChI=1S/C78H51B2N5OS/c1-7-26-52(27-8-1)81(53-28-9-2-10-29-53)58-46-70-77-71(47-58)85(68-44-25-43-67-76(68)60-38-19-22-41-65(60)83(67)56-34-15-5-16-35-56)69-51-74-64(50-63(69)79(77)61-39-20-23-42-66(61)84(70)57-36-17-6-18-37-57)80-62-40-21-24-45-72(62)86-73-48-59(49-75(87-74)78(73)80)82(54-30-11-3-12-31-54)55-32-13-4-14-33-55/h1-51H. The summed E-state index contributed by atoms with van der Waals surface area (Å²) in [5.74, 6) is 1.76. The van der Waals surface area contributed by atoms with Gasteiger partial charge in [0.1, 0.15) is 11.5 Å². The quantitative estimate of drug-likeness (QED) is 0.134. The van der Waals surface area contributed by atoms with Crippen LogP contribution in [-0.4, -0.2) is 18.0 Å². The van der Waals surface area contributed by atoms with Crippen molar-refractivity contribution in [3.8, 4) is 17.2 Å². The summed E-state index contributed by atoms with van der Waals surface area (Å²) in [6.07, 6.45) is 0. The van der Waals surface area contributed by atoms with Gasteiger partial charge in [-0.1, -0.05) is 193 Å². The molecular formula is C78H51B2N5OS. The molecule has 0 atom stereocenters. The van der Waals surface area contributed by atoms with Crippen molar-refractivity contribution in [2.45, 2.75) is 9.79 Å². The Balaban J connectivity index is 0.957. The SMILES string of the molecule is c1ccc(N(c2ccccc2)c2cc3c4c(c2)Sc2cc5c(cc2B4c2ccccc2O3)B2c3ccccc3N(c3ccccc3)c3cc(N(c4ccccc4)c4ccccc4)cc(c32)N5c2cccc3c2c2ccccc2n3-c2ccccc2)cc1. The van der Waals surface area contributed by atoms with Crippen LogP contribution in [0.2, 0.25) is 0 Å². The number of anilines is 12. The summed E-state index contributed by atoms with van der Waals surface area (Å²) >= 11 is 1.86. The zero-order chi connectivity index (χ0) is 57.1. The van der Waals surface area contributed by atoms with Gasteiger partial charge in [0.2, 0.25) is 0 Å². The fourth-order valence-corrected chi connectivity index (χ4v) is 15.7. The number of aromatic nitrogens is 1. The van der Waals surface area contributed by atoms with Crippen molar-refractivity contribution >= 4 is 148 Å². The summed E-state index contributed by atoms with van der Waals surface area (Å²) in [5, 5.41) is 2.37. The van der Waals surface area contributed by atoms with Crippen molar-refractivity contribution < 1.29 is 4.74 Å². The van der Waals surface area contributed by atoms with Crippen molar-refractivity contribution in [2.24, 2.45) is 0 Å². The molecule has 6 nitrogen and oxygen atoms in total. The normalized spacial score (nSPS) is 13.0. The molecule has 0 spiro atoms. The van der Waals surface area contributed by atoms with Crippen LogP contribution < -0.4 is 57.1 Å². The van der Waals surface area contributed by atoms with Gasteiger partial charge >= 0.3 is 0 Å². The first-order valence-corrected chi connectivity index (χ1v) is 30.6. The van der Waals surface area contributed by atoms with Gasteiger partial charge in [0.25, 0.3) is 13.4 Å². The Morgan fingerprint density at radius 2 is 0.805 bits per heavy atom. The van der Waals surface area contributed by atoms with Gasteiger partial charge in [0.05, 0.1) is 28.1 Å². The van der Waals surface area contributed by atoms with Gasteiger partial charge in [0, 0.05) is 83.5 Å². The van der Waals surface area contributed by atoms with Gasteiger partial charge in [-0.3, -0.25) is 0 Å². The second-order valence-electron chi connectivity index (χ2n) is 22.7. The monoisotopic (exact) mass is 1130 g/mol. The number of hydrogen-bond acceptors (Lipinski definition) is 6. The third-order valence-electron chi connectivity index (χ3n) is 18.0. The maximum Gasteiger partial charge on any atom is 0.253 e. The van der Waals surface area contributed by atoms with Crippen LogP contribution in [0.1, 0.15) is 0 Å². The molecule has 87 heavy (non-hydrogen) atoms. The molecule has 4 aliphatic rings. The summed E-state index contributed by atoms with van der Waals surface area (Å²) in [4.78, 5) is 12.3. The van der Waals surface area contributed by atoms with Crippen molar-refractivity contribution in [2.75, 3.05) is 19.6 Å². The minimum absolute atomic E-state index is 0.105. The molecule has 14 aromatic rings. The molecule has 406 valence electrons. The summed E-state index contributed by atoms with van der Waals surface area (Å²) in [6, 6.07) is 113. The van der Waals surface area contributed by atoms with Crippen molar-refractivity contribution in [3.63, 3.8) is 0 Å². The summed E-state index contributed by atoms with van der Waals surface area (Å²) in [5.41, 5.74) is 24.0. The van der Waals surface area contributed by atoms with E-state index in [4.69, 9.17) is 4.74 Å². The molecule has 0 saturated heterocycles. The molecule has 18 rings (SSSR count). The zero-order valence-electron chi connectivity index (χ0n) is 47.2. The molecule has 0 fully saturated rings. The average Bonchev–Trinajstić information content (AvgIpc) is 1.21. The summed E-state index contributed by atoms with van der Waals surface area (Å²) < 4.78 is 9.59. The van der Waals surface area contributed by atoms with Gasteiger partial charge in [-0.2, -0.15) is 0 Å². The van der Waals surface area contributed by atoms with Gasteiger partial charge in [0.15, 0.2) is 0 Å². The Hall–Kier alpha value is -10.9. The number of fused-ring (bicyclic) bond motifs is 11. The highest BCUT2D eigenvalue weighted by atomic mass is 32.2. The topological polar surface area (TPSA) is 27.1 Å². The van der Waals surface area contributed by atoms with Crippen LogP contribution in [0.5, 0.6) is 11.5 Å². The van der Waals surface area contributed by atoms with E-state index in [0.717, 1.165) is 96.5 Å². The zero-order valence-corrected chi connectivity index (χ0v) is 48.0. The number of rotatable bonds is 9. The summed E-state index contributed by atoms with van der Waals surface area (Å²) in [7, 11) is 0. The fraction of sp³-hybridized carbons (Fsp3) is 0. The molecule has 0 aliphatic carbocycles. The summed E-state index contributed by atoms with van der Waals surface area (Å²) in [6.45, 7) is -0.261. The van der Waals surface area contributed by atoms with E-state index in [1.807, 2.05) is 11.8 Å². The number of hydrogen-bond donors (Lipinski definition) is 0. The Morgan fingerprint density at radius 3 is 1.46 bits per heavy atom. The lowest BCUT2D eigenvalue weighted by molar-refractivity contribution is 0.486. The van der Waals surface area contributed by atoms with E-state index in [-0.39, 0.29) is 13.4 Å². The molecule has 0 unspecified atom stereocenters. The Morgan fingerprint density at radius 1 is 0.299 bits per heavy atom. The van der Waals surface area contributed by atoms with Crippen LogP contribution in [0.15, 0.2) is 319 Å². The molecule has 0 bridgehead atoms. The van der Waals surface area contributed by atoms with E-state index in [1.54, 1.807) is 0 Å². The van der Waals surface area contributed by atoms with E-state index < -0.39 is 0 Å². The minimum Gasteiger partial charge on any atom is -0.458 e. The van der Waals surface area contributed by atoms with Crippen LogP contribution in [0, 0.1) is 0 Å². The van der Waals surface area contributed by atoms with Crippen LogP contribution >= 0.6 is 11.8 Å². The Labute approximate surface area is 510 Å². The molecule has 0 saturated carbocycles. The highest BCUT2D eigenvalue weighted by molar-refractivity contribution is 8.00. The van der Waals surface area contributed by atoms with Crippen molar-refractivity contribution in [1.29, 1.82) is 0 Å². The maximum atomic E-state index is 7.15. The lowest BCUT2D eigenvalue weighted by Gasteiger charge is -2.46. The van der Waals surface area contributed by atoms with Crippen molar-refractivity contribution in [1.82, 2.24) is 4.57 Å². The highest BCUT2D eigenvalue weighted by Gasteiger charge is 2.47. The average molecular weight is 1130 g/mol. The van der Waals surface area contributed by atoms with Gasteiger partial charge in [-0.15, -0.1) is 0 Å². The molecule has 5 heterocycles. The second kappa shape index (κ2) is 19.9. The first kappa shape index (κ1) is 49.6. The van der Waals surface area contributed by atoms with E-state index in [9.17, 15) is 0 Å². The first-order valence-electron chi connectivity index (χ1n) is 29.8. The third-order valence-corrected chi connectivity index (χ3v) is 19.1. The first-order chi connectivity index (χ1) is 43.2. The molecule has 0 N–H and O–H groups in total. The van der Waals surface area contributed by atoms with Gasteiger partial charge in [-0.25, -0.2) is 0 Å². The van der Waals surface area contributed by atoms with Crippen LogP contribution in [0.25, 0.3) is 27.5 Å². The largest absolute Gasteiger partial charge is 0.458 e. The van der Waals surface area contributed by atoms with E-state index in [2.05, 4.69) is 334 Å². The van der Waals surface area contributed by atoms with Crippen LogP contribution in [0.4, 0.5) is 68.2 Å². The van der Waals surface area contributed by atoms with E-state index in [1.165, 1.54) is 53.3 Å². The Bertz CT molecular complexity index is 4950. The minimum atomic E-state index is -0.155. The lowest BCUT2D eigenvalue weighted by Crippen LogP contribution is -2.64. The smallest absolute Gasteiger partial charge is 0.253 e. The van der Waals surface area contributed by atoms with E-state index in [0.29, 0.717) is 0 Å². The number of nitrogens with zero attached hydrogens (tertiary/aromatic N) is 5. The van der Waals surface area contributed by atoms with Gasteiger partial charge < -0.3 is 28.9 Å². The molecule has 13 aromatic carbocycles. The fourth-order valence-electron chi connectivity index (χ4n) is 14.5. The maximum absolute atomic E-state index is 7.15. The number of para-hydroxylation sites is 9. The predicted octanol–water partition coefficient (Wildman–Crippen LogP) is 16.9. The lowest BCUT2D eigenvalue weighted by atomic mass is 9.31. The van der Waals surface area contributed by atoms with Gasteiger partial charge in [-0.05, 0) is 155 Å². The predicted molar refractivity (Wildman–Crippen MR) is 366 cm³/mol. The molecular weight excluding hydrogens is 1080 g/mol. The molecule has 9 heteroatoms. The second-order valence-corrected chi connectivity index (χ2v) is 23.8. The molecule has 4 aliphatic heterocycles. The molecule has 0 radical (unpaired) electrons. The van der Waals surface area contributed by atoms with Crippen molar-refractivity contribution in [3.05, 3.63) is 309 Å². The number of benzene rings is 13. The highest BCUT2D eigenvalue weighted by Crippen LogP contribution is 2.52. The molecule has 0 amide bonds. The third kappa shape index (κ3) is 7.72. The van der Waals surface area contributed by atoms with E-state index >= 15 is 0 Å². The van der Waals surface area contributed by atoms with Crippen LogP contribution in [-0.2, 0) is 0 Å². The Kier molecular flexibility index (Phi) is 11.3.